The second-order valence-corrected chi connectivity index (χ2v) is 4.88. The lowest BCUT2D eigenvalue weighted by Crippen LogP contribution is -2.34. The van der Waals surface area contributed by atoms with Crippen molar-refractivity contribution in [2.75, 3.05) is 20.1 Å². The van der Waals surface area contributed by atoms with E-state index in [0.29, 0.717) is 0 Å². The summed E-state index contributed by atoms with van der Waals surface area (Å²) in [6.45, 7) is 3.89. The van der Waals surface area contributed by atoms with Crippen molar-refractivity contribution < 1.29 is 5.11 Å². The third-order valence-electron chi connectivity index (χ3n) is 3.14. The molecule has 2 rings (SSSR count). The highest BCUT2D eigenvalue weighted by molar-refractivity contribution is 5.24. The predicted molar refractivity (Wildman–Crippen MR) is 61.9 cm³/mol. The monoisotopic (exact) mass is 205 g/mol. The molecular formula is C13H19NO. The van der Waals surface area contributed by atoms with Gasteiger partial charge in [-0.3, -0.25) is 0 Å². The van der Waals surface area contributed by atoms with Crippen LogP contribution in [0.5, 0.6) is 0 Å². The highest BCUT2D eigenvalue weighted by atomic mass is 16.3. The van der Waals surface area contributed by atoms with Gasteiger partial charge < -0.3 is 10.0 Å². The van der Waals surface area contributed by atoms with Crippen molar-refractivity contribution in [3.05, 3.63) is 35.4 Å². The third kappa shape index (κ3) is 2.58. The maximum atomic E-state index is 10.4. The molecular weight excluding hydrogens is 186 g/mol. The normalized spacial score (nSPS) is 27.1. The Kier molecular flexibility index (Phi) is 2.81. The number of hydrogen-bond donors (Lipinski definition) is 1. The van der Waals surface area contributed by atoms with E-state index < -0.39 is 5.60 Å². The Labute approximate surface area is 91.5 Å². The molecule has 1 saturated heterocycles. The number of β-amino-alcohol motifs (C(OH)–C–C–N with tert-alkyl or cyclic N) is 1. The number of hydrogen-bond acceptors (Lipinski definition) is 2. The van der Waals surface area contributed by atoms with Crippen molar-refractivity contribution >= 4 is 0 Å². The Morgan fingerprint density at radius 3 is 2.87 bits per heavy atom. The molecule has 2 heteroatoms. The number of benzene rings is 1. The van der Waals surface area contributed by atoms with Gasteiger partial charge in [0.1, 0.15) is 0 Å². The summed E-state index contributed by atoms with van der Waals surface area (Å²) in [5.74, 6) is 0. The average Bonchev–Trinajstić information content (AvgIpc) is 2.45. The number of nitrogens with zero attached hydrogens (tertiary/aromatic N) is 1. The summed E-state index contributed by atoms with van der Waals surface area (Å²) >= 11 is 0. The van der Waals surface area contributed by atoms with Gasteiger partial charge in [0.25, 0.3) is 0 Å². The summed E-state index contributed by atoms with van der Waals surface area (Å²) in [4.78, 5) is 2.19. The van der Waals surface area contributed by atoms with E-state index in [1.54, 1.807) is 0 Å². The molecule has 0 amide bonds. The smallest absolute Gasteiger partial charge is 0.0826 e. The first-order chi connectivity index (χ1) is 7.07. The molecule has 0 spiro atoms. The molecule has 1 heterocycles. The minimum atomic E-state index is -0.511. The molecule has 0 aromatic heterocycles. The molecule has 1 aliphatic heterocycles. The number of likely N-dealkylation sites (tertiary alicyclic amines) is 1. The molecule has 1 N–H and O–H groups in total. The molecule has 2 nitrogen and oxygen atoms in total. The van der Waals surface area contributed by atoms with E-state index in [0.717, 1.165) is 25.9 Å². The Hall–Kier alpha value is -0.860. The van der Waals surface area contributed by atoms with E-state index in [4.69, 9.17) is 0 Å². The van der Waals surface area contributed by atoms with E-state index >= 15 is 0 Å². The zero-order valence-corrected chi connectivity index (χ0v) is 9.53. The van der Waals surface area contributed by atoms with E-state index in [-0.39, 0.29) is 0 Å². The summed E-state index contributed by atoms with van der Waals surface area (Å²) in [5.41, 5.74) is 2.00. The van der Waals surface area contributed by atoms with E-state index in [2.05, 4.69) is 43.1 Å². The van der Waals surface area contributed by atoms with Crippen LogP contribution in [0.2, 0.25) is 0 Å². The van der Waals surface area contributed by atoms with Crippen LogP contribution < -0.4 is 0 Å². The van der Waals surface area contributed by atoms with Gasteiger partial charge in [0, 0.05) is 19.5 Å². The van der Waals surface area contributed by atoms with E-state index in [9.17, 15) is 5.11 Å². The summed E-state index contributed by atoms with van der Waals surface area (Å²) in [7, 11) is 2.06. The maximum absolute atomic E-state index is 10.4. The van der Waals surface area contributed by atoms with Crippen LogP contribution >= 0.6 is 0 Å². The van der Waals surface area contributed by atoms with Crippen molar-refractivity contribution in [1.29, 1.82) is 0 Å². The molecule has 0 saturated carbocycles. The Morgan fingerprint density at radius 1 is 1.47 bits per heavy atom. The standard InChI is InChI=1S/C13H19NO/c1-11-4-3-5-12(8-11)9-13(15)6-7-14(2)10-13/h3-5,8,15H,6-7,9-10H2,1-2H3. The van der Waals surface area contributed by atoms with Gasteiger partial charge >= 0.3 is 0 Å². The SMILES string of the molecule is Cc1cccc(CC2(O)CCN(C)C2)c1. The second kappa shape index (κ2) is 3.95. The van der Waals surface area contributed by atoms with Crippen molar-refractivity contribution in [1.82, 2.24) is 4.90 Å². The van der Waals surface area contributed by atoms with Gasteiger partial charge in [-0.1, -0.05) is 29.8 Å². The maximum Gasteiger partial charge on any atom is 0.0826 e. The Balaban J connectivity index is 2.08. The van der Waals surface area contributed by atoms with Crippen LogP contribution in [0.3, 0.4) is 0 Å². The van der Waals surface area contributed by atoms with E-state index in [1.165, 1.54) is 11.1 Å². The molecule has 1 atom stereocenters. The highest BCUT2D eigenvalue weighted by Crippen LogP contribution is 2.24. The van der Waals surface area contributed by atoms with Crippen molar-refractivity contribution in [3.8, 4) is 0 Å². The molecule has 15 heavy (non-hydrogen) atoms. The predicted octanol–water partition coefficient (Wildman–Crippen LogP) is 1.60. The summed E-state index contributed by atoms with van der Waals surface area (Å²) in [6, 6.07) is 8.42. The Morgan fingerprint density at radius 2 is 2.27 bits per heavy atom. The highest BCUT2D eigenvalue weighted by Gasteiger charge is 2.34. The summed E-state index contributed by atoms with van der Waals surface area (Å²) < 4.78 is 0. The molecule has 1 aromatic carbocycles. The van der Waals surface area contributed by atoms with Crippen LogP contribution in [0.1, 0.15) is 17.5 Å². The van der Waals surface area contributed by atoms with Crippen LogP contribution in [0, 0.1) is 6.92 Å². The fraction of sp³-hybridized carbons (Fsp3) is 0.538. The minimum Gasteiger partial charge on any atom is -0.388 e. The van der Waals surface area contributed by atoms with Crippen LogP contribution in [-0.2, 0) is 6.42 Å². The largest absolute Gasteiger partial charge is 0.388 e. The van der Waals surface area contributed by atoms with Crippen LogP contribution in [0.4, 0.5) is 0 Å². The van der Waals surface area contributed by atoms with E-state index in [1.807, 2.05) is 0 Å². The van der Waals surface area contributed by atoms with Gasteiger partial charge in [-0.05, 0) is 26.0 Å². The molecule has 0 radical (unpaired) electrons. The zero-order valence-electron chi connectivity index (χ0n) is 9.53. The fourth-order valence-corrected chi connectivity index (χ4v) is 2.41. The zero-order chi connectivity index (χ0) is 10.9. The summed E-state index contributed by atoms with van der Waals surface area (Å²) in [5, 5.41) is 10.4. The van der Waals surface area contributed by atoms with Crippen molar-refractivity contribution in [3.63, 3.8) is 0 Å². The first-order valence-corrected chi connectivity index (χ1v) is 5.54. The molecule has 0 aliphatic carbocycles. The quantitative estimate of drug-likeness (QED) is 0.793. The lowest BCUT2D eigenvalue weighted by molar-refractivity contribution is 0.0523. The van der Waals surface area contributed by atoms with Gasteiger partial charge in [-0.2, -0.15) is 0 Å². The first-order valence-electron chi connectivity index (χ1n) is 5.54. The van der Waals surface area contributed by atoms with Crippen LogP contribution in [0.25, 0.3) is 0 Å². The number of likely N-dealkylation sites (N-methyl/N-ethyl adjacent to an activating group) is 1. The fourth-order valence-electron chi connectivity index (χ4n) is 2.41. The number of rotatable bonds is 2. The molecule has 1 aromatic rings. The molecule has 1 unspecified atom stereocenters. The number of aryl methyl sites for hydroxylation is 1. The molecule has 1 fully saturated rings. The van der Waals surface area contributed by atoms with Crippen LogP contribution in [0.15, 0.2) is 24.3 Å². The van der Waals surface area contributed by atoms with Gasteiger partial charge in [0.2, 0.25) is 0 Å². The average molecular weight is 205 g/mol. The lowest BCUT2D eigenvalue weighted by Gasteiger charge is -2.22. The number of aliphatic hydroxyl groups is 1. The topological polar surface area (TPSA) is 23.5 Å². The van der Waals surface area contributed by atoms with Gasteiger partial charge in [-0.15, -0.1) is 0 Å². The Bertz CT molecular complexity index is 350. The third-order valence-corrected chi connectivity index (χ3v) is 3.14. The first kappa shape index (κ1) is 10.7. The molecule has 1 aliphatic rings. The molecule has 0 bridgehead atoms. The molecule has 82 valence electrons. The lowest BCUT2D eigenvalue weighted by atomic mass is 9.93. The van der Waals surface area contributed by atoms with Crippen LogP contribution in [-0.4, -0.2) is 35.7 Å². The van der Waals surface area contributed by atoms with Crippen molar-refractivity contribution in [2.45, 2.75) is 25.4 Å². The second-order valence-electron chi connectivity index (χ2n) is 4.88. The van der Waals surface area contributed by atoms with Gasteiger partial charge in [-0.25, -0.2) is 0 Å². The minimum absolute atomic E-state index is 0.511. The van der Waals surface area contributed by atoms with Gasteiger partial charge in [0.15, 0.2) is 0 Å². The summed E-state index contributed by atoms with van der Waals surface area (Å²) in [6.07, 6.45) is 1.66. The van der Waals surface area contributed by atoms with Gasteiger partial charge in [0.05, 0.1) is 5.60 Å². The van der Waals surface area contributed by atoms with Crippen molar-refractivity contribution in [2.24, 2.45) is 0 Å².